The Labute approximate surface area is 138 Å². The van der Waals surface area contributed by atoms with Gasteiger partial charge in [-0.15, -0.1) is 10.2 Å². The molecule has 0 aliphatic carbocycles. The third-order valence-corrected chi connectivity index (χ3v) is 3.73. The minimum atomic E-state index is -0.254. The molecule has 8 nitrogen and oxygen atoms in total. The Morgan fingerprint density at radius 3 is 2.62 bits per heavy atom. The number of aryl methyl sites for hydroxylation is 2. The van der Waals surface area contributed by atoms with Crippen molar-refractivity contribution in [2.45, 2.75) is 26.4 Å². The molecule has 0 aliphatic rings. The van der Waals surface area contributed by atoms with Crippen molar-refractivity contribution < 1.29 is 4.79 Å². The molecule has 0 atom stereocenters. The molecule has 124 valence electrons. The van der Waals surface area contributed by atoms with E-state index in [1.54, 1.807) is 24.8 Å². The average Bonchev–Trinajstić information content (AvgIpc) is 3.10. The molecule has 0 aliphatic heterocycles. The van der Waals surface area contributed by atoms with E-state index in [1.807, 2.05) is 23.6 Å². The molecule has 1 N–H and O–H groups in total. The number of aromatic nitrogens is 5. The van der Waals surface area contributed by atoms with Gasteiger partial charge in [-0.05, 0) is 19.4 Å². The Morgan fingerprint density at radius 2 is 1.88 bits per heavy atom. The van der Waals surface area contributed by atoms with Gasteiger partial charge in [0.25, 0.3) is 5.56 Å². The smallest absolute Gasteiger partial charge is 0.275 e. The number of hydrogen-bond donors (Lipinski definition) is 1. The SMILES string of the molecule is Cc1nn(CC(=O)NCCCn2cnnc2)c(=O)c2ccccc12. The van der Waals surface area contributed by atoms with Crippen LogP contribution in [0.3, 0.4) is 0 Å². The number of benzene rings is 1. The van der Waals surface area contributed by atoms with Crippen LogP contribution in [-0.4, -0.2) is 37.0 Å². The lowest BCUT2D eigenvalue weighted by molar-refractivity contribution is -0.121. The topological polar surface area (TPSA) is 94.7 Å². The molecule has 24 heavy (non-hydrogen) atoms. The van der Waals surface area contributed by atoms with Crippen LogP contribution in [-0.2, 0) is 17.9 Å². The fourth-order valence-corrected chi connectivity index (χ4v) is 2.53. The summed E-state index contributed by atoms with van der Waals surface area (Å²) in [4.78, 5) is 24.4. The van der Waals surface area contributed by atoms with Gasteiger partial charge in [0.1, 0.15) is 19.2 Å². The molecule has 1 aromatic carbocycles. The van der Waals surface area contributed by atoms with Gasteiger partial charge in [-0.2, -0.15) is 5.10 Å². The molecule has 0 bridgehead atoms. The van der Waals surface area contributed by atoms with Crippen molar-refractivity contribution >= 4 is 16.7 Å². The molecule has 1 amide bonds. The number of hydrogen-bond acceptors (Lipinski definition) is 5. The number of fused-ring (bicyclic) bond motifs is 1. The van der Waals surface area contributed by atoms with E-state index in [0.29, 0.717) is 11.9 Å². The third kappa shape index (κ3) is 3.48. The summed E-state index contributed by atoms with van der Waals surface area (Å²) in [6.07, 6.45) is 4.01. The van der Waals surface area contributed by atoms with E-state index in [4.69, 9.17) is 0 Å². The maximum absolute atomic E-state index is 12.4. The van der Waals surface area contributed by atoms with Crippen molar-refractivity contribution in [2.24, 2.45) is 0 Å². The van der Waals surface area contributed by atoms with E-state index in [1.165, 1.54) is 4.68 Å². The zero-order chi connectivity index (χ0) is 16.9. The third-order valence-electron chi connectivity index (χ3n) is 3.73. The first-order chi connectivity index (χ1) is 11.6. The summed E-state index contributed by atoms with van der Waals surface area (Å²) in [7, 11) is 0. The zero-order valence-electron chi connectivity index (χ0n) is 13.3. The fraction of sp³-hybridized carbons (Fsp3) is 0.312. The number of amides is 1. The van der Waals surface area contributed by atoms with Gasteiger partial charge in [0.05, 0.1) is 11.1 Å². The average molecular weight is 326 g/mol. The number of nitrogens with one attached hydrogen (secondary N) is 1. The molecule has 0 radical (unpaired) electrons. The van der Waals surface area contributed by atoms with Gasteiger partial charge in [0.15, 0.2) is 0 Å². The summed E-state index contributed by atoms with van der Waals surface area (Å²) in [5.41, 5.74) is 0.474. The summed E-state index contributed by atoms with van der Waals surface area (Å²) in [5.74, 6) is -0.233. The van der Waals surface area contributed by atoms with Crippen LogP contribution in [0.1, 0.15) is 12.1 Å². The Bertz CT molecular complexity index is 901. The lowest BCUT2D eigenvalue weighted by Gasteiger charge is -2.09. The highest BCUT2D eigenvalue weighted by atomic mass is 16.2. The van der Waals surface area contributed by atoms with E-state index in [2.05, 4.69) is 20.6 Å². The molecule has 3 rings (SSSR count). The van der Waals surface area contributed by atoms with E-state index < -0.39 is 0 Å². The van der Waals surface area contributed by atoms with Crippen molar-refractivity contribution in [2.75, 3.05) is 6.54 Å². The summed E-state index contributed by atoms with van der Waals surface area (Å²) >= 11 is 0. The summed E-state index contributed by atoms with van der Waals surface area (Å²) < 4.78 is 3.05. The number of rotatable bonds is 6. The van der Waals surface area contributed by atoms with Crippen molar-refractivity contribution in [3.05, 3.63) is 53.0 Å². The Morgan fingerprint density at radius 1 is 1.17 bits per heavy atom. The van der Waals surface area contributed by atoms with Crippen molar-refractivity contribution in [1.29, 1.82) is 0 Å². The normalized spacial score (nSPS) is 10.9. The molecule has 0 spiro atoms. The number of carbonyl (C=O) groups excluding carboxylic acids is 1. The summed E-state index contributed by atoms with van der Waals surface area (Å²) in [5, 5.41) is 15.8. The molecule has 0 fully saturated rings. The minimum Gasteiger partial charge on any atom is -0.354 e. The first-order valence-corrected chi connectivity index (χ1v) is 7.71. The first-order valence-electron chi connectivity index (χ1n) is 7.71. The molecule has 0 unspecified atom stereocenters. The van der Waals surface area contributed by atoms with Crippen molar-refractivity contribution in [3.8, 4) is 0 Å². The van der Waals surface area contributed by atoms with Gasteiger partial charge < -0.3 is 9.88 Å². The highest BCUT2D eigenvalue weighted by molar-refractivity contribution is 5.83. The summed E-state index contributed by atoms with van der Waals surface area (Å²) in [6, 6.07) is 7.27. The lowest BCUT2D eigenvalue weighted by atomic mass is 10.1. The van der Waals surface area contributed by atoms with Crippen LogP contribution in [0.15, 0.2) is 41.7 Å². The van der Waals surface area contributed by atoms with Gasteiger partial charge >= 0.3 is 0 Å². The fourth-order valence-electron chi connectivity index (χ4n) is 2.53. The van der Waals surface area contributed by atoms with Crippen LogP contribution in [0.2, 0.25) is 0 Å². The molecule has 0 saturated heterocycles. The Kier molecular flexibility index (Phi) is 4.64. The number of carbonyl (C=O) groups is 1. The quantitative estimate of drug-likeness (QED) is 0.666. The predicted molar refractivity (Wildman–Crippen MR) is 88.4 cm³/mol. The second kappa shape index (κ2) is 7.03. The molecule has 2 heterocycles. The molecular weight excluding hydrogens is 308 g/mol. The van der Waals surface area contributed by atoms with Crippen LogP contribution in [0, 0.1) is 6.92 Å². The minimum absolute atomic E-state index is 0.0862. The second-order valence-electron chi connectivity index (χ2n) is 5.50. The molecule has 2 aromatic heterocycles. The molecule has 0 saturated carbocycles. The molecule has 8 heteroatoms. The monoisotopic (exact) mass is 326 g/mol. The summed E-state index contributed by atoms with van der Waals surface area (Å²) in [6.45, 7) is 2.98. The lowest BCUT2D eigenvalue weighted by Crippen LogP contribution is -2.34. The van der Waals surface area contributed by atoms with Gasteiger partial charge in [-0.1, -0.05) is 18.2 Å². The second-order valence-corrected chi connectivity index (χ2v) is 5.50. The van der Waals surface area contributed by atoms with Crippen LogP contribution in [0.25, 0.3) is 10.8 Å². The number of nitrogens with zero attached hydrogens (tertiary/aromatic N) is 5. The van der Waals surface area contributed by atoms with Gasteiger partial charge in [-0.25, -0.2) is 4.68 Å². The first kappa shape index (κ1) is 15.9. The van der Waals surface area contributed by atoms with Crippen molar-refractivity contribution in [3.63, 3.8) is 0 Å². The van der Waals surface area contributed by atoms with Gasteiger partial charge in [0.2, 0.25) is 5.91 Å². The van der Waals surface area contributed by atoms with E-state index in [9.17, 15) is 9.59 Å². The van der Waals surface area contributed by atoms with Crippen molar-refractivity contribution in [1.82, 2.24) is 29.9 Å². The predicted octanol–water partition coefficient (Wildman–Crippen LogP) is 0.503. The van der Waals surface area contributed by atoms with Crippen LogP contribution < -0.4 is 10.9 Å². The maximum atomic E-state index is 12.4. The highest BCUT2D eigenvalue weighted by Crippen LogP contribution is 2.11. The van der Waals surface area contributed by atoms with E-state index in [-0.39, 0.29) is 18.0 Å². The maximum Gasteiger partial charge on any atom is 0.275 e. The largest absolute Gasteiger partial charge is 0.354 e. The van der Waals surface area contributed by atoms with Gasteiger partial charge in [0, 0.05) is 18.5 Å². The Hall–Kier alpha value is -3.03. The van der Waals surface area contributed by atoms with Crippen LogP contribution in [0.5, 0.6) is 0 Å². The standard InChI is InChI=1S/C16H18N6O2/c1-12-13-5-2-3-6-14(13)16(24)22(20-12)9-15(23)17-7-4-8-21-10-18-19-11-21/h2-3,5-6,10-11H,4,7-9H2,1H3,(H,17,23). The zero-order valence-corrected chi connectivity index (χ0v) is 13.3. The molecular formula is C16H18N6O2. The van der Waals surface area contributed by atoms with Crippen LogP contribution in [0.4, 0.5) is 0 Å². The van der Waals surface area contributed by atoms with Crippen LogP contribution >= 0.6 is 0 Å². The van der Waals surface area contributed by atoms with E-state index >= 15 is 0 Å². The molecule has 3 aromatic rings. The highest BCUT2D eigenvalue weighted by Gasteiger charge is 2.10. The Balaban J connectivity index is 1.61. The van der Waals surface area contributed by atoms with Gasteiger partial charge in [-0.3, -0.25) is 9.59 Å². The van der Waals surface area contributed by atoms with E-state index in [0.717, 1.165) is 24.0 Å².